The zero-order valence-electron chi connectivity index (χ0n) is 12.8. The van der Waals surface area contributed by atoms with Gasteiger partial charge in [0.15, 0.2) is 4.90 Å². The minimum atomic E-state index is -3.94. The van der Waals surface area contributed by atoms with Crippen LogP contribution < -0.4 is 5.63 Å². The molecule has 4 nitrogen and oxygen atoms in total. The van der Waals surface area contributed by atoms with Gasteiger partial charge in [-0.3, -0.25) is 0 Å². The Kier molecular flexibility index (Phi) is 4.59. The van der Waals surface area contributed by atoms with Gasteiger partial charge in [-0.05, 0) is 24.5 Å². The third-order valence-electron chi connectivity index (χ3n) is 3.47. The summed E-state index contributed by atoms with van der Waals surface area (Å²) in [6.45, 7) is 0. The molecule has 1 heterocycles. The Morgan fingerprint density at radius 2 is 1.50 bits per heavy atom. The van der Waals surface area contributed by atoms with Gasteiger partial charge >= 0.3 is 5.63 Å². The molecule has 0 spiro atoms. The van der Waals surface area contributed by atoms with Crippen LogP contribution in [0.3, 0.4) is 0 Å². The maximum absolute atomic E-state index is 12.8. The molecule has 0 amide bonds. The molecule has 1 aromatic heterocycles. The fraction of sp³-hybridized carbons (Fsp3) is 0.0556. The Morgan fingerprint density at radius 3 is 2.08 bits per heavy atom. The summed E-state index contributed by atoms with van der Waals surface area (Å²) >= 11 is 1.20. The second kappa shape index (κ2) is 6.67. The summed E-state index contributed by atoms with van der Waals surface area (Å²) in [7, 11) is -3.94. The molecule has 3 aromatic rings. The summed E-state index contributed by atoms with van der Waals surface area (Å²) in [6, 6.07) is 18.6. The van der Waals surface area contributed by atoms with Gasteiger partial charge in [0.2, 0.25) is 9.84 Å². The zero-order chi connectivity index (χ0) is 17.2. The van der Waals surface area contributed by atoms with Gasteiger partial charge in [0.25, 0.3) is 0 Å². The maximum atomic E-state index is 12.8. The highest BCUT2D eigenvalue weighted by Crippen LogP contribution is 2.30. The van der Waals surface area contributed by atoms with E-state index in [-0.39, 0.29) is 9.79 Å². The van der Waals surface area contributed by atoms with Gasteiger partial charge in [0.05, 0.1) is 4.90 Å². The molecule has 0 saturated carbocycles. The Morgan fingerprint density at radius 1 is 0.917 bits per heavy atom. The van der Waals surface area contributed by atoms with Crippen LogP contribution in [0.2, 0.25) is 0 Å². The first-order valence-corrected chi connectivity index (χ1v) is 9.82. The van der Waals surface area contributed by atoms with E-state index in [0.29, 0.717) is 16.2 Å². The van der Waals surface area contributed by atoms with Crippen LogP contribution >= 0.6 is 11.8 Å². The van der Waals surface area contributed by atoms with Crippen molar-refractivity contribution in [2.45, 2.75) is 14.7 Å². The topological polar surface area (TPSA) is 64.3 Å². The molecular formula is C18H14O4S2. The summed E-state index contributed by atoms with van der Waals surface area (Å²) in [5, 5.41) is 0. The molecule has 0 aliphatic carbocycles. The van der Waals surface area contributed by atoms with Gasteiger partial charge in [0.1, 0.15) is 5.76 Å². The highest BCUT2D eigenvalue weighted by atomic mass is 32.2. The lowest BCUT2D eigenvalue weighted by atomic mass is 10.2. The highest BCUT2D eigenvalue weighted by Gasteiger charge is 2.27. The van der Waals surface area contributed by atoms with E-state index < -0.39 is 15.5 Å². The number of benzene rings is 2. The predicted octanol–water partition coefficient (Wildman–Crippen LogP) is 3.86. The normalized spacial score (nSPS) is 11.4. The molecule has 3 rings (SSSR count). The summed E-state index contributed by atoms with van der Waals surface area (Å²) in [5.74, 6) is 0.344. The van der Waals surface area contributed by atoms with E-state index in [1.54, 1.807) is 42.7 Å². The van der Waals surface area contributed by atoms with Crippen molar-refractivity contribution in [2.24, 2.45) is 0 Å². The van der Waals surface area contributed by atoms with Crippen LogP contribution in [-0.2, 0) is 9.84 Å². The second-order valence-electron chi connectivity index (χ2n) is 4.98. The lowest BCUT2D eigenvalue weighted by molar-refractivity contribution is 0.494. The van der Waals surface area contributed by atoms with E-state index in [1.807, 2.05) is 18.2 Å². The third-order valence-corrected chi connectivity index (χ3v) is 6.18. The van der Waals surface area contributed by atoms with Gasteiger partial charge in [-0.15, -0.1) is 11.8 Å². The first-order valence-electron chi connectivity index (χ1n) is 7.12. The van der Waals surface area contributed by atoms with E-state index in [1.165, 1.54) is 23.9 Å². The average molecular weight is 358 g/mol. The lowest BCUT2D eigenvalue weighted by Crippen LogP contribution is -2.16. The van der Waals surface area contributed by atoms with Gasteiger partial charge < -0.3 is 4.42 Å². The molecule has 6 heteroatoms. The maximum Gasteiger partial charge on any atom is 0.356 e. The van der Waals surface area contributed by atoms with Gasteiger partial charge in [-0.25, -0.2) is 13.2 Å². The highest BCUT2D eigenvalue weighted by molar-refractivity contribution is 7.99. The number of hydrogen-bond acceptors (Lipinski definition) is 5. The number of thioether (sulfide) groups is 1. The van der Waals surface area contributed by atoms with Crippen LogP contribution in [0.5, 0.6) is 0 Å². The average Bonchev–Trinajstić information content (AvgIpc) is 2.62. The van der Waals surface area contributed by atoms with Gasteiger partial charge in [-0.2, -0.15) is 0 Å². The summed E-state index contributed by atoms with van der Waals surface area (Å²) in [4.78, 5) is 12.6. The van der Waals surface area contributed by atoms with E-state index in [4.69, 9.17) is 4.42 Å². The number of sulfone groups is 1. The molecule has 0 atom stereocenters. The van der Waals surface area contributed by atoms with Crippen molar-refractivity contribution in [3.05, 3.63) is 77.2 Å². The third kappa shape index (κ3) is 3.02. The van der Waals surface area contributed by atoms with Crippen LogP contribution in [0.4, 0.5) is 0 Å². The molecule has 2 aromatic carbocycles. The SMILES string of the molecule is CSc1cc(-c2ccccc2)oc(=O)c1S(=O)(=O)c1ccccc1. The minimum absolute atomic E-state index is 0.0695. The fourth-order valence-corrected chi connectivity index (χ4v) is 4.73. The van der Waals surface area contributed by atoms with Crippen molar-refractivity contribution in [1.82, 2.24) is 0 Å². The molecule has 0 N–H and O–H groups in total. The van der Waals surface area contributed by atoms with Crippen molar-refractivity contribution in [1.29, 1.82) is 0 Å². The quantitative estimate of drug-likeness (QED) is 0.663. The predicted molar refractivity (Wildman–Crippen MR) is 94.1 cm³/mol. The Labute approximate surface area is 144 Å². The molecule has 0 saturated heterocycles. The molecule has 0 fully saturated rings. The molecular weight excluding hydrogens is 344 g/mol. The Hall–Kier alpha value is -2.31. The number of rotatable bonds is 4. The Balaban J connectivity index is 2.22. The standard InChI is InChI=1S/C18H14O4S2/c1-23-16-12-15(13-8-4-2-5-9-13)22-18(19)17(16)24(20,21)14-10-6-3-7-11-14/h2-12H,1H3. The zero-order valence-corrected chi connectivity index (χ0v) is 14.4. The second-order valence-corrected chi connectivity index (χ2v) is 7.71. The summed E-state index contributed by atoms with van der Waals surface area (Å²) in [5.41, 5.74) is -0.141. The lowest BCUT2D eigenvalue weighted by Gasteiger charge is -2.09. The Bertz CT molecular complexity index is 1010. The monoisotopic (exact) mass is 358 g/mol. The molecule has 0 aliphatic rings. The molecule has 0 radical (unpaired) electrons. The number of hydrogen-bond donors (Lipinski definition) is 0. The fourth-order valence-electron chi connectivity index (χ4n) is 2.32. The largest absolute Gasteiger partial charge is 0.422 e. The first-order chi connectivity index (χ1) is 11.5. The van der Waals surface area contributed by atoms with Gasteiger partial charge in [0, 0.05) is 10.5 Å². The molecule has 0 bridgehead atoms. The molecule has 0 unspecified atom stereocenters. The van der Waals surface area contributed by atoms with Crippen molar-refractivity contribution in [3.8, 4) is 11.3 Å². The molecule has 24 heavy (non-hydrogen) atoms. The minimum Gasteiger partial charge on any atom is -0.422 e. The smallest absolute Gasteiger partial charge is 0.356 e. The van der Waals surface area contributed by atoms with Crippen molar-refractivity contribution in [3.63, 3.8) is 0 Å². The van der Waals surface area contributed by atoms with Crippen LogP contribution in [0, 0.1) is 0 Å². The van der Waals surface area contributed by atoms with E-state index in [0.717, 1.165) is 0 Å². The van der Waals surface area contributed by atoms with Crippen molar-refractivity contribution >= 4 is 21.6 Å². The molecule has 0 aliphatic heterocycles. The van der Waals surface area contributed by atoms with Crippen LogP contribution in [0.25, 0.3) is 11.3 Å². The van der Waals surface area contributed by atoms with E-state index in [2.05, 4.69) is 0 Å². The van der Waals surface area contributed by atoms with Crippen molar-refractivity contribution in [2.75, 3.05) is 6.26 Å². The van der Waals surface area contributed by atoms with Crippen LogP contribution in [0.1, 0.15) is 0 Å². The van der Waals surface area contributed by atoms with Crippen molar-refractivity contribution < 1.29 is 12.8 Å². The summed E-state index contributed by atoms with van der Waals surface area (Å²) in [6.07, 6.45) is 1.73. The van der Waals surface area contributed by atoms with Crippen LogP contribution in [0.15, 0.2) is 90.6 Å². The summed E-state index contributed by atoms with van der Waals surface area (Å²) < 4.78 is 30.9. The van der Waals surface area contributed by atoms with Crippen LogP contribution in [-0.4, -0.2) is 14.7 Å². The first kappa shape index (κ1) is 16.5. The van der Waals surface area contributed by atoms with Gasteiger partial charge in [-0.1, -0.05) is 48.5 Å². The van der Waals surface area contributed by atoms with E-state index >= 15 is 0 Å². The van der Waals surface area contributed by atoms with E-state index in [9.17, 15) is 13.2 Å². The molecule has 122 valence electrons.